The molecule has 0 aliphatic rings. The van der Waals surface area contributed by atoms with E-state index in [9.17, 15) is 4.79 Å². The van der Waals surface area contributed by atoms with E-state index in [4.69, 9.17) is 0 Å². The van der Waals surface area contributed by atoms with Crippen molar-refractivity contribution < 1.29 is 4.79 Å². The van der Waals surface area contributed by atoms with Crippen LogP contribution in [0.15, 0.2) is 66.1 Å². The molecule has 1 amide bonds. The first-order chi connectivity index (χ1) is 11.6. The van der Waals surface area contributed by atoms with Crippen molar-refractivity contribution in [2.45, 2.75) is 12.1 Å². The van der Waals surface area contributed by atoms with Crippen LogP contribution >= 0.6 is 11.8 Å². The quantitative estimate of drug-likeness (QED) is 0.670. The molecule has 0 fully saturated rings. The molecule has 1 heterocycles. The van der Waals surface area contributed by atoms with E-state index >= 15 is 0 Å². The Bertz CT molecular complexity index is 815. The summed E-state index contributed by atoms with van der Waals surface area (Å²) in [7, 11) is 1.78. The fraction of sp³-hybridized carbons (Fsp3) is 0.167. The Hall–Kier alpha value is -2.60. The molecule has 5 nitrogen and oxygen atoms in total. The number of rotatable bonds is 5. The Morgan fingerprint density at radius 1 is 1.12 bits per heavy atom. The first-order valence-corrected chi connectivity index (χ1v) is 8.55. The number of anilines is 1. The van der Waals surface area contributed by atoms with Crippen LogP contribution in [0.5, 0.6) is 0 Å². The molecule has 0 saturated heterocycles. The first-order valence-electron chi connectivity index (χ1n) is 7.56. The molecule has 122 valence electrons. The molecule has 0 spiro atoms. The van der Waals surface area contributed by atoms with Crippen LogP contribution in [0.2, 0.25) is 0 Å². The predicted molar refractivity (Wildman–Crippen MR) is 96.7 cm³/mol. The van der Waals surface area contributed by atoms with Gasteiger partial charge in [-0.2, -0.15) is 0 Å². The molecule has 2 aromatic carbocycles. The number of hydrogen-bond donors (Lipinski definition) is 0. The summed E-state index contributed by atoms with van der Waals surface area (Å²) in [6, 6.07) is 17.7. The van der Waals surface area contributed by atoms with E-state index in [1.807, 2.05) is 66.1 Å². The standard InChI is InChI=1S/C18H18N4OS/c1-14-8-10-16(11-9-14)22-13-19-20-18(22)24-12-17(23)21(2)15-6-4-3-5-7-15/h3-11,13H,12H2,1-2H3. The zero-order valence-electron chi connectivity index (χ0n) is 13.6. The van der Waals surface area contributed by atoms with Crippen molar-refractivity contribution in [1.29, 1.82) is 0 Å². The van der Waals surface area contributed by atoms with Gasteiger partial charge in [0.2, 0.25) is 5.91 Å². The Morgan fingerprint density at radius 3 is 2.54 bits per heavy atom. The van der Waals surface area contributed by atoms with E-state index in [1.54, 1.807) is 18.3 Å². The lowest BCUT2D eigenvalue weighted by atomic mass is 10.2. The third-order valence-electron chi connectivity index (χ3n) is 3.67. The second kappa shape index (κ2) is 7.31. The summed E-state index contributed by atoms with van der Waals surface area (Å²) in [5.41, 5.74) is 3.06. The average Bonchev–Trinajstić information content (AvgIpc) is 3.09. The maximum absolute atomic E-state index is 12.4. The monoisotopic (exact) mass is 338 g/mol. The maximum atomic E-state index is 12.4. The fourth-order valence-electron chi connectivity index (χ4n) is 2.22. The van der Waals surface area contributed by atoms with E-state index in [0.717, 1.165) is 11.4 Å². The molecule has 24 heavy (non-hydrogen) atoms. The number of nitrogens with zero attached hydrogens (tertiary/aromatic N) is 4. The highest BCUT2D eigenvalue weighted by molar-refractivity contribution is 7.99. The van der Waals surface area contributed by atoms with E-state index in [0.29, 0.717) is 10.9 Å². The number of thioether (sulfide) groups is 1. The van der Waals surface area contributed by atoms with Crippen LogP contribution < -0.4 is 4.90 Å². The number of benzene rings is 2. The molecule has 0 aliphatic heterocycles. The van der Waals surface area contributed by atoms with Gasteiger partial charge in [-0.3, -0.25) is 9.36 Å². The van der Waals surface area contributed by atoms with E-state index in [2.05, 4.69) is 10.2 Å². The Balaban J connectivity index is 1.68. The molecule has 0 bridgehead atoms. The van der Waals surface area contributed by atoms with Gasteiger partial charge in [0, 0.05) is 18.4 Å². The molecule has 0 aliphatic carbocycles. The topological polar surface area (TPSA) is 51.0 Å². The average molecular weight is 338 g/mol. The molecule has 0 atom stereocenters. The number of aromatic nitrogens is 3. The highest BCUT2D eigenvalue weighted by Crippen LogP contribution is 2.21. The van der Waals surface area contributed by atoms with Crippen LogP contribution in [0.25, 0.3) is 5.69 Å². The molecule has 3 rings (SSSR count). The van der Waals surface area contributed by atoms with Gasteiger partial charge in [-0.05, 0) is 31.2 Å². The number of aryl methyl sites for hydroxylation is 1. The van der Waals surface area contributed by atoms with Crippen molar-refractivity contribution >= 4 is 23.4 Å². The minimum absolute atomic E-state index is 0.0182. The molecular formula is C18H18N4OS. The van der Waals surface area contributed by atoms with Gasteiger partial charge in [0.15, 0.2) is 5.16 Å². The van der Waals surface area contributed by atoms with Crippen molar-refractivity contribution in [3.8, 4) is 5.69 Å². The van der Waals surface area contributed by atoms with E-state index in [-0.39, 0.29) is 5.91 Å². The largest absolute Gasteiger partial charge is 0.315 e. The number of carbonyl (C=O) groups is 1. The second-order valence-electron chi connectivity index (χ2n) is 5.40. The van der Waals surface area contributed by atoms with Gasteiger partial charge in [0.1, 0.15) is 6.33 Å². The summed E-state index contributed by atoms with van der Waals surface area (Å²) >= 11 is 1.38. The fourth-order valence-corrected chi connectivity index (χ4v) is 3.07. The molecule has 0 radical (unpaired) electrons. The number of para-hydroxylation sites is 1. The molecule has 0 unspecified atom stereocenters. The third kappa shape index (κ3) is 3.65. The molecule has 3 aromatic rings. The number of hydrogen-bond acceptors (Lipinski definition) is 4. The second-order valence-corrected chi connectivity index (χ2v) is 6.34. The Kier molecular flexibility index (Phi) is 4.96. The van der Waals surface area contributed by atoms with Crippen LogP contribution in [0.4, 0.5) is 5.69 Å². The third-order valence-corrected chi connectivity index (χ3v) is 4.60. The zero-order valence-corrected chi connectivity index (χ0v) is 14.4. The van der Waals surface area contributed by atoms with E-state index in [1.165, 1.54) is 17.3 Å². The van der Waals surface area contributed by atoms with Gasteiger partial charge >= 0.3 is 0 Å². The smallest absolute Gasteiger partial charge is 0.237 e. The van der Waals surface area contributed by atoms with Crippen molar-refractivity contribution in [1.82, 2.24) is 14.8 Å². The SMILES string of the molecule is Cc1ccc(-n2cnnc2SCC(=O)N(C)c2ccccc2)cc1. The number of amides is 1. The van der Waals surface area contributed by atoms with Gasteiger partial charge in [-0.25, -0.2) is 0 Å². The summed E-state index contributed by atoms with van der Waals surface area (Å²) in [6.07, 6.45) is 1.67. The maximum Gasteiger partial charge on any atom is 0.237 e. The van der Waals surface area contributed by atoms with Crippen molar-refractivity contribution in [3.05, 3.63) is 66.5 Å². The normalized spacial score (nSPS) is 10.6. The van der Waals surface area contributed by atoms with Gasteiger partial charge in [-0.15, -0.1) is 10.2 Å². The molecule has 1 aromatic heterocycles. The van der Waals surface area contributed by atoms with Crippen molar-refractivity contribution in [2.24, 2.45) is 0 Å². The molecule has 0 N–H and O–H groups in total. The Labute approximate surface area is 145 Å². The molecular weight excluding hydrogens is 320 g/mol. The van der Waals surface area contributed by atoms with Crippen LogP contribution in [-0.4, -0.2) is 33.5 Å². The van der Waals surface area contributed by atoms with Gasteiger partial charge < -0.3 is 4.90 Å². The first kappa shape index (κ1) is 16.3. The minimum Gasteiger partial charge on any atom is -0.315 e. The lowest BCUT2D eigenvalue weighted by Gasteiger charge is -2.16. The highest BCUT2D eigenvalue weighted by Gasteiger charge is 2.14. The lowest BCUT2D eigenvalue weighted by molar-refractivity contribution is -0.115. The van der Waals surface area contributed by atoms with E-state index < -0.39 is 0 Å². The molecule has 6 heteroatoms. The summed E-state index contributed by atoms with van der Waals surface area (Å²) in [5, 5.41) is 8.80. The van der Waals surface area contributed by atoms with Crippen molar-refractivity contribution in [2.75, 3.05) is 17.7 Å². The van der Waals surface area contributed by atoms with Gasteiger partial charge in [-0.1, -0.05) is 47.7 Å². The van der Waals surface area contributed by atoms with Crippen LogP contribution in [0.3, 0.4) is 0 Å². The summed E-state index contributed by atoms with van der Waals surface area (Å²) < 4.78 is 1.89. The highest BCUT2D eigenvalue weighted by atomic mass is 32.2. The number of carbonyl (C=O) groups excluding carboxylic acids is 1. The minimum atomic E-state index is 0.0182. The lowest BCUT2D eigenvalue weighted by Crippen LogP contribution is -2.27. The van der Waals surface area contributed by atoms with Crippen LogP contribution in [-0.2, 0) is 4.79 Å². The van der Waals surface area contributed by atoms with Gasteiger partial charge in [0.25, 0.3) is 0 Å². The van der Waals surface area contributed by atoms with Crippen molar-refractivity contribution in [3.63, 3.8) is 0 Å². The summed E-state index contributed by atoms with van der Waals surface area (Å²) in [5.74, 6) is 0.320. The van der Waals surface area contributed by atoms with Gasteiger partial charge in [0.05, 0.1) is 5.75 Å². The van der Waals surface area contributed by atoms with Crippen LogP contribution in [0, 0.1) is 6.92 Å². The Morgan fingerprint density at radius 2 is 1.83 bits per heavy atom. The molecule has 0 saturated carbocycles. The predicted octanol–water partition coefficient (Wildman–Crippen LogP) is 3.33. The summed E-state index contributed by atoms with van der Waals surface area (Å²) in [6.45, 7) is 2.05. The summed E-state index contributed by atoms with van der Waals surface area (Å²) in [4.78, 5) is 14.0. The zero-order chi connectivity index (χ0) is 16.9. The van der Waals surface area contributed by atoms with Crippen LogP contribution in [0.1, 0.15) is 5.56 Å².